The van der Waals surface area contributed by atoms with Gasteiger partial charge in [-0.15, -0.1) is 0 Å². The minimum Gasteiger partial charge on any atom is -0.439 e. The molecule has 4 heteroatoms. The summed E-state index contributed by atoms with van der Waals surface area (Å²) < 4.78 is 28.3. The van der Waals surface area contributed by atoms with Gasteiger partial charge in [0, 0.05) is 12.8 Å². The largest absolute Gasteiger partial charge is 0.439 e. The Labute approximate surface area is 86.6 Å². The van der Waals surface area contributed by atoms with Gasteiger partial charge in [0.1, 0.15) is 5.76 Å². The third-order valence-corrected chi connectivity index (χ3v) is 2.86. The summed E-state index contributed by atoms with van der Waals surface area (Å²) in [7, 11) is 0. The number of ether oxygens (including phenoxy) is 1. The molecule has 0 aromatic carbocycles. The van der Waals surface area contributed by atoms with Crippen molar-refractivity contribution in [2.75, 3.05) is 0 Å². The molecule has 0 aliphatic heterocycles. The summed E-state index contributed by atoms with van der Waals surface area (Å²) in [4.78, 5) is 11.5. The highest BCUT2D eigenvalue weighted by atomic mass is 19.3. The van der Waals surface area contributed by atoms with Crippen molar-refractivity contribution in [3.63, 3.8) is 0 Å². The Kier molecular flexibility index (Phi) is 2.84. The Bertz CT molecular complexity index is 331. The van der Waals surface area contributed by atoms with Crippen LogP contribution in [-0.2, 0) is 9.53 Å². The van der Waals surface area contributed by atoms with Crippen molar-refractivity contribution in [1.29, 1.82) is 0 Å². The number of ketones is 1. The number of allylic oxidation sites excluding steroid dienone is 4. The van der Waals surface area contributed by atoms with Gasteiger partial charge in [0.25, 0.3) is 0 Å². The third kappa shape index (κ3) is 2.25. The summed E-state index contributed by atoms with van der Waals surface area (Å²) in [6.07, 6.45) is 5.88. The molecule has 0 bridgehead atoms. The zero-order valence-corrected chi connectivity index (χ0v) is 8.21. The van der Waals surface area contributed by atoms with Gasteiger partial charge in [-0.05, 0) is 30.4 Å². The lowest BCUT2D eigenvalue weighted by Gasteiger charge is -2.27. The molecule has 0 amide bonds. The lowest BCUT2D eigenvalue weighted by atomic mass is 9.78. The first-order valence-corrected chi connectivity index (χ1v) is 5.05. The van der Waals surface area contributed by atoms with Crippen LogP contribution < -0.4 is 0 Å². The second kappa shape index (κ2) is 4.13. The van der Waals surface area contributed by atoms with E-state index in [2.05, 4.69) is 4.74 Å². The molecule has 2 aliphatic rings. The van der Waals surface area contributed by atoms with E-state index in [9.17, 15) is 13.6 Å². The first-order valence-electron chi connectivity index (χ1n) is 5.05. The Hall–Kier alpha value is -1.19. The highest BCUT2D eigenvalue weighted by Gasteiger charge is 2.29. The van der Waals surface area contributed by atoms with Gasteiger partial charge in [-0.2, -0.15) is 8.78 Å². The Morgan fingerprint density at radius 1 is 1.40 bits per heavy atom. The molecule has 0 N–H and O–H groups in total. The lowest BCUT2D eigenvalue weighted by molar-refractivity contribution is -0.117. The number of Topliss-reactive ketones (excluding diaryl/α,β-unsaturated/α-hetero) is 1. The SMILES string of the molecule is O=C1CCCC2CC(OC(F)F)=CC=C12. The highest BCUT2D eigenvalue weighted by Crippen LogP contribution is 2.35. The van der Waals surface area contributed by atoms with Crippen molar-refractivity contribution < 1.29 is 18.3 Å². The summed E-state index contributed by atoms with van der Waals surface area (Å²) in [5.41, 5.74) is 0.780. The first kappa shape index (κ1) is 10.3. The number of carbonyl (C=O) groups is 1. The molecule has 1 atom stereocenters. The second-order valence-electron chi connectivity index (χ2n) is 3.85. The maximum atomic E-state index is 12.0. The molecular formula is C11H12F2O2. The smallest absolute Gasteiger partial charge is 0.387 e. The van der Waals surface area contributed by atoms with Crippen LogP contribution in [-0.4, -0.2) is 12.4 Å². The maximum absolute atomic E-state index is 12.0. The average Bonchev–Trinajstić information content (AvgIpc) is 2.17. The quantitative estimate of drug-likeness (QED) is 0.706. The van der Waals surface area contributed by atoms with Crippen molar-refractivity contribution in [3.8, 4) is 0 Å². The summed E-state index contributed by atoms with van der Waals surface area (Å²) in [6.45, 7) is -2.77. The number of carbonyl (C=O) groups excluding carboxylic acids is 1. The fourth-order valence-electron chi connectivity index (χ4n) is 2.17. The van der Waals surface area contributed by atoms with E-state index in [-0.39, 0.29) is 17.5 Å². The van der Waals surface area contributed by atoms with Crippen molar-refractivity contribution in [1.82, 2.24) is 0 Å². The third-order valence-electron chi connectivity index (χ3n) is 2.86. The lowest BCUT2D eigenvalue weighted by Crippen LogP contribution is -2.22. The summed E-state index contributed by atoms with van der Waals surface area (Å²) in [5.74, 6) is 0.525. The molecule has 0 spiro atoms. The van der Waals surface area contributed by atoms with E-state index >= 15 is 0 Å². The van der Waals surface area contributed by atoms with Crippen LogP contribution >= 0.6 is 0 Å². The van der Waals surface area contributed by atoms with Gasteiger partial charge < -0.3 is 4.74 Å². The summed E-state index contributed by atoms with van der Waals surface area (Å²) in [5, 5.41) is 0. The van der Waals surface area contributed by atoms with Crippen LogP contribution in [0, 0.1) is 5.92 Å². The Balaban J connectivity index is 2.12. The van der Waals surface area contributed by atoms with Crippen LogP contribution in [0.1, 0.15) is 25.7 Å². The van der Waals surface area contributed by atoms with E-state index in [0.29, 0.717) is 12.8 Å². The van der Waals surface area contributed by atoms with Crippen LogP contribution in [0.2, 0.25) is 0 Å². The number of halogens is 2. The Morgan fingerprint density at radius 3 is 2.93 bits per heavy atom. The molecule has 1 saturated carbocycles. The monoisotopic (exact) mass is 214 g/mol. The van der Waals surface area contributed by atoms with E-state index < -0.39 is 6.61 Å². The van der Waals surface area contributed by atoms with Crippen LogP contribution in [0.15, 0.2) is 23.5 Å². The number of hydrogen-bond acceptors (Lipinski definition) is 2. The zero-order chi connectivity index (χ0) is 10.8. The van der Waals surface area contributed by atoms with Gasteiger partial charge in [-0.1, -0.05) is 6.08 Å². The standard InChI is InChI=1S/C11H12F2O2/c12-11(13)15-8-4-5-9-7(6-8)2-1-3-10(9)14/h4-5,7,11H,1-3,6H2. The molecule has 0 heterocycles. The Morgan fingerprint density at radius 2 is 2.20 bits per heavy atom. The molecule has 0 aromatic rings. The van der Waals surface area contributed by atoms with Gasteiger partial charge in [0.2, 0.25) is 0 Å². The highest BCUT2D eigenvalue weighted by molar-refractivity contribution is 5.97. The van der Waals surface area contributed by atoms with Crippen molar-refractivity contribution in [3.05, 3.63) is 23.5 Å². The van der Waals surface area contributed by atoms with E-state index in [1.807, 2.05) is 0 Å². The van der Waals surface area contributed by atoms with Crippen molar-refractivity contribution >= 4 is 5.78 Å². The number of alkyl halides is 2. The maximum Gasteiger partial charge on any atom is 0.387 e. The topological polar surface area (TPSA) is 26.3 Å². The molecular weight excluding hydrogens is 202 g/mol. The fourth-order valence-corrected chi connectivity index (χ4v) is 2.17. The van der Waals surface area contributed by atoms with E-state index in [0.717, 1.165) is 18.4 Å². The molecule has 2 aliphatic carbocycles. The summed E-state index contributed by atoms with van der Waals surface area (Å²) >= 11 is 0. The van der Waals surface area contributed by atoms with Gasteiger partial charge in [-0.3, -0.25) is 4.79 Å². The number of hydrogen-bond donors (Lipinski definition) is 0. The van der Waals surface area contributed by atoms with E-state index in [1.54, 1.807) is 6.08 Å². The average molecular weight is 214 g/mol. The molecule has 0 saturated heterocycles. The predicted molar refractivity (Wildman–Crippen MR) is 50.2 cm³/mol. The number of fused-ring (bicyclic) bond motifs is 1. The van der Waals surface area contributed by atoms with Crippen LogP contribution in [0.3, 0.4) is 0 Å². The van der Waals surface area contributed by atoms with Gasteiger partial charge in [0.15, 0.2) is 5.78 Å². The molecule has 0 radical (unpaired) electrons. The molecule has 1 fully saturated rings. The number of rotatable bonds is 2. The molecule has 15 heavy (non-hydrogen) atoms. The first-order chi connectivity index (χ1) is 7.16. The van der Waals surface area contributed by atoms with Crippen LogP contribution in [0.5, 0.6) is 0 Å². The minimum atomic E-state index is -2.77. The van der Waals surface area contributed by atoms with Crippen molar-refractivity contribution in [2.24, 2.45) is 5.92 Å². The molecule has 2 nitrogen and oxygen atoms in total. The van der Waals surface area contributed by atoms with Crippen LogP contribution in [0.25, 0.3) is 0 Å². The molecule has 0 aromatic heterocycles. The fraction of sp³-hybridized carbons (Fsp3) is 0.545. The second-order valence-corrected chi connectivity index (χ2v) is 3.85. The zero-order valence-electron chi connectivity index (χ0n) is 8.21. The summed E-state index contributed by atoms with van der Waals surface area (Å²) in [6, 6.07) is 0. The van der Waals surface area contributed by atoms with Crippen LogP contribution in [0.4, 0.5) is 8.78 Å². The van der Waals surface area contributed by atoms with Gasteiger partial charge in [-0.25, -0.2) is 0 Å². The van der Waals surface area contributed by atoms with Crippen molar-refractivity contribution in [2.45, 2.75) is 32.3 Å². The normalized spacial score (nSPS) is 25.8. The molecule has 2 rings (SSSR count). The van der Waals surface area contributed by atoms with E-state index in [4.69, 9.17) is 0 Å². The van der Waals surface area contributed by atoms with Gasteiger partial charge in [0.05, 0.1) is 0 Å². The van der Waals surface area contributed by atoms with Gasteiger partial charge >= 0.3 is 6.61 Å². The predicted octanol–water partition coefficient (Wildman–Crippen LogP) is 2.81. The molecule has 82 valence electrons. The molecule has 1 unspecified atom stereocenters. The van der Waals surface area contributed by atoms with E-state index in [1.165, 1.54) is 6.08 Å². The minimum absolute atomic E-state index is 0.0880.